The van der Waals surface area contributed by atoms with Gasteiger partial charge in [0.15, 0.2) is 0 Å². The third-order valence-corrected chi connectivity index (χ3v) is 5.95. The maximum Gasteiger partial charge on any atom is 0.0777 e. The Hall–Kier alpha value is -0.0800. The van der Waals surface area contributed by atoms with Crippen molar-refractivity contribution < 1.29 is 5.11 Å². The zero-order valence-corrected chi connectivity index (χ0v) is 11.6. The van der Waals surface area contributed by atoms with Crippen LogP contribution < -0.4 is 0 Å². The number of hydrogen-bond donors (Lipinski definition) is 1. The molecule has 0 radical (unpaired) electrons. The third kappa shape index (κ3) is 1.84. The quantitative estimate of drug-likeness (QED) is 0.758. The molecule has 4 atom stereocenters. The second-order valence-electron chi connectivity index (χ2n) is 7.44. The molecule has 1 aliphatic heterocycles. The van der Waals surface area contributed by atoms with Crippen molar-refractivity contribution in [3.63, 3.8) is 0 Å². The minimum Gasteiger partial charge on any atom is -0.389 e. The van der Waals surface area contributed by atoms with Crippen molar-refractivity contribution in [1.29, 1.82) is 0 Å². The van der Waals surface area contributed by atoms with E-state index in [1.807, 2.05) is 0 Å². The van der Waals surface area contributed by atoms with E-state index in [1.54, 1.807) is 0 Å². The highest BCUT2D eigenvalue weighted by Crippen LogP contribution is 2.66. The van der Waals surface area contributed by atoms with Crippen molar-refractivity contribution in [1.82, 2.24) is 4.90 Å². The van der Waals surface area contributed by atoms with Crippen LogP contribution >= 0.6 is 0 Å². The predicted octanol–water partition coefficient (Wildman–Crippen LogP) is 2.66. The number of aliphatic hydroxyl groups is 1. The lowest BCUT2D eigenvalue weighted by Crippen LogP contribution is -2.54. The Morgan fingerprint density at radius 1 is 1.00 bits per heavy atom. The highest BCUT2D eigenvalue weighted by atomic mass is 16.3. The van der Waals surface area contributed by atoms with Crippen LogP contribution in [0.4, 0.5) is 0 Å². The van der Waals surface area contributed by atoms with Crippen LogP contribution in [0.2, 0.25) is 0 Å². The molecule has 3 aliphatic rings. The zero-order chi connectivity index (χ0) is 12.3. The van der Waals surface area contributed by atoms with Crippen molar-refractivity contribution in [3.05, 3.63) is 0 Å². The Labute approximate surface area is 105 Å². The van der Waals surface area contributed by atoms with E-state index in [9.17, 15) is 5.11 Å². The lowest BCUT2D eigenvalue weighted by Gasteiger charge is -2.45. The van der Waals surface area contributed by atoms with E-state index in [0.29, 0.717) is 11.5 Å². The number of rotatable bonds is 1. The largest absolute Gasteiger partial charge is 0.389 e. The SMILES string of the molecule is CC1(C)[C@@H]2C[C@@H](N3CCCCC3)[C@](C)(O)C[C@@H]21. The molecule has 0 aromatic carbocycles. The van der Waals surface area contributed by atoms with E-state index in [4.69, 9.17) is 0 Å². The molecule has 1 heterocycles. The molecule has 3 rings (SSSR count). The lowest BCUT2D eigenvalue weighted by molar-refractivity contribution is -0.0680. The van der Waals surface area contributed by atoms with Crippen LogP contribution in [0.1, 0.15) is 52.9 Å². The molecular weight excluding hydrogens is 210 g/mol. The van der Waals surface area contributed by atoms with Gasteiger partial charge < -0.3 is 5.11 Å². The normalized spacial score (nSPS) is 49.8. The maximum atomic E-state index is 10.8. The monoisotopic (exact) mass is 237 g/mol. The molecule has 2 heteroatoms. The number of piperidine rings is 1. The van der Waals surface area contributed by atoms with Crippen LogP contribution in [-0.2, 0) is 0 Å². The Kier molecular flexibility index (Phi) is 2.61. The summed E-state index contributed by atoms with van der Waals surface area (Å²) in [4.78, 5) is 2.58. The van der Waals surface area contributed by atoms with Gasteiger partial charge in [0.25, 0.3) is 0 Å². The first-order chi connectivity index (χ1) is 7.93. The molecule has 2 nitrogen and oxygen atoms in total. The van der Waals surface area contributed by atoms with Crippen LogP contribution in [0.15, 0.2) is 0 Å². The fraction of sp³-hybridized carbons (Fsp3) is 1.00. The molecular formula is C15H27NO. The molecule has 2 saturated carbocycles. The Bertz CT molecular complexity index is 304. The number of likely N-dealkylation sites (tertiary alicyclic amines) is 1. The average molecular weight is 237 g/mol. The van der Waals surface area contributed by atoms with Crippen molar-refractivity contribution >= 4 is 0 Å². The van der Waals surface area contributed by atoms with Gasteiger partial charge in [0.05, 0.1) is 5.60 Å². The van der Waals surface area contributed by atoms with Crippen LogP contribution in [0.3, 0.4) is 0 Å². The van der Waals surface area contributed by atoms with Gasteiger partial charge in [-0.15, -0.1) is 0 Å². The second kappa shape index (κ2) is 3.71. The summed E-state index contributed by atoms with van der Waals surface area (Å²) in [6, 6.07) is 0.422. The molecule has 0 bridgehead atoms. The molecule has 0 spiro atoms. The second-order valence-corrected chi connectivity index (χ2v) is 7.44. The van der Waals surface area contributed by atoms with E-state index in [1.165, 1.54) is 38.8 Å². The summed E-state index contributed by atoms with van der Waals surface area (Å²) >= 11 is 0. The van der Waals surface area contributed by atoms with Gasteiger partial charge in [-0.3, -0.25) is 4.90 Å². The predicted molar refractivity (Wildman–Crippen MR) is 69.8 cm³/mol. The average Bonchev–Trinajstić information content (AvgIpc) is 2.78. The van der Waals surface area contributed by atoms with Gasteiger partial charge in [0.1, 0.15) is 0 Å². The molecule has 3 fully saturated rings. The summed E-state index contributed by atoms with van der Waals surface area (Å²) in [6.45, 7) is 9.27. The maximum absolute atomic E-state index is 10.8. The van der Waals surface area contributed by atoms with Gasteiger partial charge in [-0.2, -0.15) is 0 Å². The van der Waals surface area contributed by atoms with E-state index in [0.717, 1.165) is 18.3 Å². The summed E-state index contributed by atoms with van der Waals surface area (Å²) in [5.74, 6) is 1.65. The minimum absolute atomic E-state index is 0.422. The van der Waals surface area contributed by atoms with Gasteiger partial charge in [-0.05, 0) is 62.9 Å². The molecule has 17 heavy (non-hydrogen) atoms. The Morgan fingerprint density at radius 3 is 2.29 bits per heavy atom. The van der Waals surface area contributed by atoms with Crippen molar-refractivity contribution in [2.75, 3.05) is 13.1 Å². The van der Waals surface area contributed by atoms with Gasteiger partial charge in [0.2, 0.25) is 0 Å². The first-order valence-electron chi connectivity index (χ1n) is 7.39. The minimum atomic E-state index is -0.452. The standard InChI is InChI=1S/C15H27NO/c1-14(2)11-9-13(15(3,17)10-12(11)14)16-7-5-4-6-8-16/h11-13,17H,4-10H2,1-3H3/t11-,12+,13-,15-/m1/s1. The smallest absolute Gasteiger partial charge is 0.0777 e. The zero-order valence-electron chi connectivity index (χ0n) is 11.6. The summed E-state index contributed by atoms with van der Waals surface area (Å²) < 4.78 is 0. The van der Waals surface area contributed by atoms with Crippen LogP contribution in [0, 0.1) is 17.3 Å². The summed E-state index contributed by atoms with van der Waals surface area (Å²) in [5.41, 5.74) is 0.0425. The molecule has 0 aromatic heterocycles. The fourth-order valence-electron chi connectivity index (χ4n) is 4.58. The third-order valence-electron chi connectivity index (χ3n) is 5.95. The van der Waals surface area contributed by atoms with Gasteiger partial charge >= 0.3 is 0 Å². The van der Waals surface area contributed by atoms with E-state index >= 15 is 0 Å². The highest BCUT2D eigenvalue weighted by Gasteiger charge is 2.64. The highest BCUT2D eigenvalue weighted by molar-refractivity contribution is 5.14. The number of hydrogen-bond acceptors (Lipinski definition) is 2. The summed E-state index contributed by atoms with van der Waals surface area (Å²) in [5, 5.41) is 10.8. The van der Waals surface area contributed by atoms with Crippen molar-refractivity contribution in [3.8, 4) is 0 Å². The first-order valence-corrected chi connectivity index (χ1v) is 7.39. The van der Waals surface area contributed by atoms with E-state index < -0.39 is 5.60 Å². The Balaban J connectivity index is 1.75. The van der Waals surface area contributed by atoms with E-state index in [-0.39, 0.29) is 0 Å². The molecule has 2 aliphatic carbocycles. The van der Waals surface area contributed by atoms with Gasteiger partial charge in [-0.25, -0.2) is 0 Å². The molecule has 1 N–H and O–H groups in total. The van der Waals surface area contributed by atoms with Crippen molar-refractivity contribution in [2.45, 2.75) is 64.5 Å². The van der Waals surface area contributed by atoms with E-state index in [2.05, 4.69) is 25.7 Å². The van der Waals surface area contributed by atoms with Gasteiger partial charge in [-0.1, -0.05) is 20.3 Å². The summed E-state index contributed by atoms with van der Waals surface area (Å²) in [7, 11) is 0. The topological polar surface area (TPSA) is 23.5 Å². The number of fused-ring (bicyclic) bond motifs is 1. The molecule has 0 aromatic rings. The lowest BCUT2D eigenvalue weighted by atomic mass is 9.80. The fourth-order valence-corrected chi connectivity index (χ4v) is 4.58. The molecule has 0 amide bonds. The van der Waals surface area contributed by atoms with Crippen LogP contribution in [0.25, 0.3) is 0 Å². The molecule has 0 unspecified atom stereocenters. The number of nitrogens with zero attached hydrogens (tertiary/aromatic N) is 1. The first kappa shape index (κ1) is 12.0. The van der Waals surface area contributed by atoms with Crippen LogP contribution in [0.5, 0.6) is 0 Å². The van der Waals surface area contributed by atoms with Crippen LogP contribution in [-0.4, -0.2) is 34.7 Å². The Morgan fingerprint density at radius 2 is 1.65 bits per heavy atom. The summed E-state index contributed by atoms with van der Waals surface area (Å²) in [6.07, 6.45) is 6.27. The van der Waals surface area contributed by atoms with Crippen molar-refractivity contribution in [2.24, 2.45) is 17.3 Å². The van der Waals surface area contributed by atoms with Gasteiger partial charge in [0, 0.05) is 6.04 Å². The molecule has 1 saturated heterocycles. The molecule has 98 valence electrons.